The lowest BCUT2D eigenvalue weighted by atomic mass is 10.1. The molecular weight excluding hydrogens is 357 g/mol. The van der Waals surface area contributed by atoms with Gasteiger partial charge in [0.2, 0.25) is 10.0 Å². The lowest BCUT2D eigenvalue weighted by Crippen LogP contribution is -2.26. The van der Waals surface area contributed by atoms with Gasteiger partial charge in [0, 0.05) is 13.0 Å². The van der Waals surface area contributed by atoms with Gasteiger partial charge in [-0.2, -0.15) is 0 Å². The summed E-state index contributed by atoms with van der Waals surface area (Å²) < 4.78 is 44.5. The van der Waals surface area contributed by atoms with Crippen molar-refractivity contribution in [3.8, 4) is 0 Å². The molecule has 0 amide bonds. The van der Waals surface area contributed by atoms with Crippen molar-refractivity contribution >= 4 is 16.0 Å². The second-order valence-electron chi connectivity index (χ2n) is 5.72. The number of ether oxygens (including phenoxy) is 1. The smallest absolute Gasteiger partial charge is 0.306 e. The van der Waals surface area contributed by atoms with Crippen molar-refractivity contribution in [2.75, 3.05) is 13.2 Å². The van der Waals surface area contributed by atoms with Gasteiger partial charge in [-0.05, 0) is 55.2 Å². The van der Waals surface area contributed by atoms with Gasteiger partial charge in [-0.15, -0.1) is 0 Å². The maximum Gasteiger partial charge on any atom is 0.306 e. The Hall–Kier alpha value is -2.25. The van der Waals surface area contributed by atoms with Crippen molar-refractivity contribution < 1.29 is 22.3 Å². The summed E-state index contributed by atoms with van der Waals surface area (Å²) in [7, 11) is -3.65. The van der Waals surface area contributed by atoms with Crippen LogP contribution in [0.1, 0.15) is 24.5 Å². The Morgan fingerprint density at radius 3 is 2.15 bits per heavy atom. The van der Waals surface area contributed by atoms with E-state index in [1.807, 2.05) is 24.3 Å². The molecule has 0 aromatic heterocycles. The van der Waals surface area contributed by atoms with Crippen molar-refractivity contribution in [1.82, 2.24) is 4.72 Å². The highest BCUT2D eigenvalue weighted by Crippen LogP contribution is 2.11. The normalized spacial score (nSPS) is 11.3. The van der Waals surface area contributed by atoms with Crippen LogP contribution in [0.2, 0.25) is 0 Å². The molecule has 26 heavy (non-hydrogen) atoms. The number of rotatable bonds is 9. The summed E-state index contributed by atoms with van der Waals surface area (Å²) in [6.07, 6.45) is 1.47. The van der Waals surface area contributed by atoms with E-state index in [1.165, 1.54) is 12.1 Å². The Kier molecular flexibility index (Phi) is 7.29. The molecule has 2 aromatic rings. The Balaban J connectivity index is 1.82. The SMILES string of the molecule is CCOC(=O)CCc1ccc(CCNS(=O)(=O)c2ccc(F)cc2)cc1. The van der Waals surface area contributed by atoms with Crippen molar-refractivity contribution in [3.63, 3.8) is 0 Å². The number of hydrogen-bond acceptors (Lipinski definition) is 4. The van der Waals surface area contributed by atoms with Crippen LogP contribution >= 0.6 is 0 Å². The van der Waals surface area contributed by atoms with Gasteiger partial charge in [0.25, 0.3) is 0 Å². The minimum absolute atomic E-state index is 0.0354. The van der Waals surface area contributed by atoms with Gasteiger partial charge in [0.05, 0.1) is 11.5 Å². The summed E-state index contributed by atoms with van der Waals surface area (Å²) in [6.45, 7) is 2.39. The molecule has 2 aromatic carbocycles. The van der Waals surface area contributed by atoms with Gasteiger partial charge in [-0.1, -0.05) is 24.3 Å². The molecule has 0 aliphatic heterocycles. The first-order valence-electron chi connectivity index (χ1n) is 8.39. The zero-order chi connectivity index (χ0) is 19.0. The van der Waals surface area contributed by atoms with Crippen LogP contribution in [0.15, 0.2) is 53.4 Å². The van der Waals surface area contributed by atoms with Crippen molar-refractivity contribution in [2.45, 2.75) is 31.1 Å². The largest absolute Gasteiger partial charge is 0.466 e. The predicted molar refractivity (Wildman–Crippen MR) is 96.7 cm³/mol. The quantitative estimate of drug-likeness (QED) is 0.680. The highest BCUT2D eigenvalue weighted by atomic mass is 32.2. The average Bonchev–Trinajstić information content (AvgIpc) is 2.61. The van der Waals surface area contributed by atoms with E-state index in [4.69, 9.17) is 4.74 Å². The van der Waals surface area contributed by atoms with Gasteiger partial charge in [-0.3, -0.25) is 4.79 Å². The molecule has 0 fully saturated rings. The number of carbonyl (C=O) groups excluding carboxylic acids is 1. The van der Waals surface area contributed by atoms with Gasteiger partial charge in [-0.25, -0.2) is 17.5 Å². The summed E-state index contributed by atoms with van der Waals surface area (Å²) in [6, 6.07) is 12.4. The first-order chi connectivity index (χ1) is 12.4. The van der Waals surface area contributed by atoms with Gasteiger partial charge >= 0.3 is 5.97 Å². The number of benzene rings is 2. The maximum atomic E-state index is 12.9. The minimum atomic E-state index is -3.65. The van der Waals surface area contributed by atoms with Gasteiger partial charge in [0.15, 0.2) is 0 Å². The molecule has 2 rings (SSSR count). The van der Waals surface area contributed by atoms with Crippen LogP contribution in [0.4, 0.5) is 4.39 Å². The van der Waals surface area contributed by atoms with E-state index >= 15 is 0 Å². The molecule has 5 nitrogen and oxygen atoms in total. The average molecular weight is 379 g/mol. The topological polar surface area (TPSA) is 72.5 Å². The Morgan fingerprint density at radius 2 is 1.58 bits per heavy atom. The highest BCUT2D eigenvalue weighted by Gasteiger charge is 2.13. The number of esters is 1. The predicted octanol–water partition coefficient (Wildman–Crippen LogP) is 2.84. The fraction of sp³-hybridized carbons (Fsp3) is 0.316. The van der Waals surface area contributed by atoms with Gasteiger partial charge in [0.1, 0.15) is 5.82 Å². The van der Waals surface area contributed by atoms with E-state index in [0.29, 0.717) is 25.9 Å². The van der Waals surface area contributed by atoms with Crippen LogP contribution in [-0.4, -0.2) is 27.5 Å². The summed E-state index contributed by atoms with van der Waals surface area (Å²) in [5.74, 6) is -0.696. The third kappa shape index (κ3) is 6.24. The number of aryl methyl sites for hydroxylation is 1. The van der Waals surface area contributed by atoms with Crippen molar-refractivity contribution in [1.29, 1.82) is 0 Å². The second-order valence-corrected chi connectivity index (χ2v) is 7.49. The van der Waals surface area contributed by atoms with E-state index < -0.39 is 15.8 Å². The Labute approximate surface area is 153 Å². The Bertz CT molecular complexity index is 818. The molecule has 0 radical (unpaired) electrons. The first kappa shape index (κ1) is 20.1. The number of carbonyl (C=O) groups is 1. The molecule has 140 valence electrons. The molecule has 0 heterocycles. The van der Waals surface area contributed by atoms with Crippen LogP contribution < -0.4 is 4.72 Å². The standard InChI is InChI=1S/C19H22FNO4S/c1-2-25-19(22)12-7-15-3-5-16(6-4-15)13-14-21-26(23,24)18-10-8-17(20)9-11-18/h3-6,8-11,21H,2,7,12-14H2,1H3. The fourth-order valence-electron chi connectivity index (χ4n) is 2.38. The number of sulfonamides is 1. The van der Waals surface area contributed by atoms with Crippen LogP contribution in [-0.2, 0) is 32.4 Å². The van der Waals surface area contributed by atoms with E-state index in [1.54, 1.807) is 6.92 Å². The second kappa shape index (κ2) is 9.45. The van der Waals surface area contributed by atoms with Crippen LogP contribution in [0.25, 0.3) is 0 Å². The number of halogens is 1. The number of hydrogen-bond donors (Lipinski definition) is 1. The summed E-state index contributed by atoms with van der Waals surface area (Å²) in [5.41, 5.74) is 2.00. The maximum absolute atomic E-state index is 12.9. The van der Waals surface area contributed by atoms with Gasteiger partial charge < -0.3 is 4.74 Å². The van der Waals surface area contributed by atoms with E-state index in [0.717, 1.165) is 23.3 Å². The molecule has 0 aliphatic carbocycles. The minimum Gasteiger partial charge on any atom is -0.466 e. The summed E-state index contributed by atoms with van der Waals surface area (Å²) in [5, 5.41) is 0. The lowest BCUT2D eigenvalue weighted by molar-refractivity contribution is -0.143. The van der Waals surface area contributed by atoms with Crippen molar-refractivity contribution in [2.24, 2.45) is 0 Å². The zero-order valence-electron chi connectivity index (χ0n) is 14.6. The van der Waals surface area contributed by atoms with Crippen LogP contribution in [0.3, 0.4) is 0 Å². The molecular formula is C19H22FNO4S. The highest BCUT2D eigenvalue weighted by molar-refractivity contribution is 7.89. The van der Waals surface area contributed by atoms with Crippen LogP contribution in [0, 0.1) is 5.82 Å². The van der Waals surface area contributed by atoms with E-state index in [2.05, 4.69) is 4.72 Å². The molecule has 1 N–H and O–H groups in total. The molecule has 0 saturated heterocycles. The molecule has 7 heteroatoms. The third-order valence-corrected chi connectivity index (χ3v) is 5.25. The third-order valence-electron chi connectivity index (χ3n) is 3.78. The van der Waals surface area contributed by atoms with Crippen molar-refractivity contribution in [3.05, 3.63) is 65.5 Å². The molecule has 0 aliphatic rings. The van der Waals surface area contributed by atoms with E-state index in [9.17, 15) is 17.6 Å². The lowest BCUT2D eigenvalue weighted by Gasteiger charge is -2.08. The number of nitrogens with one attached hydrogen (secondary N) is 1. The fourth-order valence-corrected chi connectivity index (χ4v) is 3.41. The van der Waals surface area contributed by atoms with E-state index in [-0.39, 0.29) is 17.4 Å². The molecule has 0 atom stereocenters. The zero-order valence-corrected chi connectivity index (χ0v) is 15.4. The Morgan fingerprint density at radius 1 is 1.00 bits per heavy atom. The van der Waals surface area contributed by atoms with Crippen LogP contribution in [0.5, 0.6) is 0 Å². The molecule has 0 unspecified atom stereocenters. The first-order valence-corrected chi connectivity index (χ1v) is 9.87. The summed E-state index contributed by atoms with van der Waals surface area (Å²) in [4.78, 5) is 11.4. The summed E-state index contributed by atoms with van der Waals surface area (Å²) >= 11 is 0. The molecule has 0 saturated carbocycles. The molecule has 0 spiro atoms. The molecule has 0 bridgehead atoms. The monoisotopic (exact) mass is 379 g/mol.